The zero-order valence-corrected chi connectivity index (χ0v) is 11.3. The number of hydrogen-bond acceptors (Lipinski definition) is 4. The molecule has 0 fully saturated rings. The first-order chi connectivity index (χ1) is 9.13. The van der Waals surface area contributed by atoms with E-state index in [0.29, 0.717) is 29.4 Å². The van der Waals surface area contributed by atoms with E-state index in [1.54, 1.807) is 20.8 Å². The van der Waals surface area contributed by atoms with Gasteiger partial charge in [-0.2, -0.15) is 0 Å². The minimum Gasteiger partial charge on any atom is -0.462 e. The molecule has 4 nitrogen and oxygen atoms in total. The molecule has 1 aromatic heterocycles. The van der Waals surface area contributed by atoms with Gasteiger partial charge in [0.1, 0.15) is 5.56 Å². The summed E-state index contributed by atoms with van der Waals surface area (Å²) in [6.45, 7) is 5.72. The molecular formula is C15H16N2O2. The molecule has 0 bridgehead atoms. The van der Waals surface area contributed by atoms with Crippen LogP contribution in [0, 0.1) is 13.8 Å². The summed E-state index contributed by atoms with van der Waals surface area (Å²) in [7, 11) is 0. The van der Waals surface area contributed by atoms with Crippen molar-refractivity contribution in [3.05, 3.63) is 47.3 Å². The van der Waals surface area contributed by atoms with E-state index in [4.69, 9.17) is 4.74 Å². The molecule has 0 atom stereocenters. The third kappa shape index (κ3) is 2.78. The largest absolute Gasteiger partial charge is 0.462 e. The number of rotatable bonds is 3. The van der Waals surface area contributed by atoms with Gasteiger partial charge in [-0.1, -0.05) is 30.3 Å². The lowest BCUT2D eigenvalue weighted by molar-refractivity contribution is 0.0523. The number of aryl methyl sites for hydroxylation is 2. The van der Waals surface area contributed by atoms with Gasteiger partial charge in [0.15, 0.2) is 5.82 Å². The summed E-state index contributed by atoms with van der Waals surface area (Å²) in [5.41, 5.74) is 2.68. The molecule has 98 valence electrons. The third-order valence-electron chi connectivity index (χ3n) is 2.78. The highest BCUT2D eigenvalue weighted by Gasteiger charge is 2.17. The second-order valence-corrected chi connectivity index (χ2v) is 4.18. The van der Waals surface area contributed by atoms with Gasteiger partial charge in [0, 0.05) is 5.56 Å². The Bertz CT molecular complexity index is 571. The van der Waals surface area contributed by atoms with E-state index in [1.165, 1.54) is 0 Å². The molecule has 0 aliphatic carbocycles. The van der Waals surface area contributed by atoms with Crippen molar-refractivity contribution >= 4 is 5.97 Å². The van der Waals surface area contributed by atoms with E-state index < -0.39 is 0 Å². The van der Waals surface area contributed by atoms with E-state index in [0.717, 1.165) is 5.56 Å². The Morgan fingerprint density at radius 1 is 1.11 bits per heavy atom. The number of benzene rings is 1. The summed E-state index contributed by atoms with van der Waals surface area (Å²) in [6.07, 6.45) is 0. The highest BCUT2D eigenvalue weighted by atomic mass is 16.5. The van der Waals surface area contributed by atoms with Crippen LogP contribution in [0.25, 0.3) is 11.4 Å². The molecule has 0 saturated carbocycles. The van der Waals surface area contributed by atoms with Crippen LogP contribution >= 0.6 is 0 Å². The highest BCUT2D eigenvalue weighted by molar-refractivity contribution is 5.91. The zero-order valence-electron chi connectivity index (χ0n) is 11.3. The van der Waals surface area contributed by atoms with Crippen molar-refractivity contribution < 1.29 is 9.53 Å². The standard InChI is InChI=1S/C15H16N2O2/c1-4-19-15(18)13-10(2)16-14(17-11(13)3)12-8-6-5-7-9-12/h5-9H,4H2,1-3H3. The Hall–Kier alpha value is -2.23. The molecule has 0 amide bonds. The molecule has 0 aliphatic rings. The molecule has 0 saturated heterocycles. The monoisotopic (exact) mass is 256 g/mol. The van der Waals surface area contributed by atoms with Crippen molar-refractivity contribution in [2.24, 2.45) is 0 Å². The van der Waals surface area contributed by atoms with Crippen molar-refractivity contribution in [3.8, 4) is 11.4 Å². The summed E-state index contributed by atoms with van der Waals surface area (Å²) < 4.78 is 5.02. The van der Waals surface area contributed by atoms with Gasteiger partial charge in [-0.15, -0.1) is 0 Å². The van der Waals surface area contributed by atoms with Crippen LogP contribution in [0.3, 0.4) is 0 Å². The van der Waals surface area contributed by atoms with E-state index in [2.05, 4.69) is 9.97 Å². The van der Waals surface area contributed by atoms with Gasteiger partial charge in [0.2, 0.25) is 0 Å². The molecule has 1 aromatic carbocycles. The molecular weight excluding hydrogens is 240 g/mol. The fourth-order valence-corrected chi connectivity index (χ4v) is 1.93. The maximum absolute atomic E-state index is 11.8. The van der Waals surface area contributed by atoms with Crippen molar-refractivity contribution in [1.82, 2.24) is 9.97 Å². The number of esters is 1. The molecule has 2 rings (SSSR count). The average molecular weight is 256 g/mol. The molecule has 0 N–H and O–H groups in total. The molecule has 0 spiro atoms. The second-order valence-electron chi connectivity index (χ2n) is 4.18. The van der Waals surface area contributed by atoms with E-state index in [-0.39, 0.29) is 5.97 Å². The molecule has 0 radical (unpaired) electrons. The van der Waals surface area contributed by atoms with Crippen LogP contribution in [0.5, 0.6) is 0 Å². The molecule has 1 heterocycles. The smallest absolute Gasteiger partial charge is 0.341 e. The van der Waals surface area contributed by atoms with Crippen LogP contribution in [0.15, 0.2) is 30.3 Å². The first kappa shape index (κ1) is 13.2. The van der Waals surface area contributed by atoms with Crippen LogP contribution in [0.2, 0.25) is 0 Å². The summed E-state index contributed by atoms with van der Waals surface area (Å²) in [6, 6.07) is 9.69. The maximum Gasteiger partial charge on any atom is 0.341 e. The summed E-state index contributed by atoms with van der Waals surface area (Å²) in [5, 5.41) is 0. The number of ether oxygens (including phenoxy) is 1. The zero-order chi connectivity index (χ0) is 13.8. The summed E-state index contributed by atoms with van der Waals surface area (Å²) >= 11 is 0. The molecule has 4 heteroatoms. The van der Waals surface area contributed by atoms with Gasteiger partial charge in [-0.05, 0) is 20.8 Å². The Balaban J connectivity index is 2.45. The molecule has 0 unspecified atom stereocenters. The van der Waals surface area contributed by atoms with Crippen molar-refractivity contribution in [2.45, 2.75) is 20.8 Å². The Morgan fingerprint density at radius 2 is 1.68 bits per heavy atom. The maximum atomic E-state index is 11.8. The van der Waals surface area contributed by atoms with Gasteiger partial charge in [0.25, 0.3) is 0 Å². The Morgan fingerprint density at radius 3 is 2.21 bits per heavy atom. The van der Waals surface area contributed by atoms with E-state index in [9.17, 15) is 4.79 Å². The van der Waals surface area contributed by atoms with E-state index >= 15 is 0 Å². The SMILES string of the molecule is CCOC(=O)c1c(C)nc(-c2ccccc2)nc1C. The third-order valence-corrected chi connectivity index (χ3v) is 2.78. The number of aromatic nitrogens is 2. The lowest BCUT2D eigenvalue weighted by Crippen LogP contribution is -2.12. The molecule has 0 aliphatic heterocycles. The normalized spacial score (nSPS) is 10.3. The van der Waals surface area contributed by atoms with Gasteiger partial charge in [-0.3, -0.25) is 0 Å². The van der Waals surface area contributed by atoms with Gasteiger partial charge < -0.3 is 4.74 Å². The quantitative estimate of drug-likeness (QED) is 0.792. The summed E-state index contributed by atoms with van der Waals surface area (Å²) in [5.74, 6) is 0.265. The highest BCUT2D eigenvalue weighted by Crippen LogP contribution is 2.19. The van der Waals surface area contributed by atoms with Crippen molar-refractivity contribution in [3.63, 3.8) is 0 Å². The van der Waals surface area contributed by atoms with E-state index in [1.807, 2.05) is 30.3 Å². The average Bonchev–Trinajstić information content (AvgIpc) is 2.39. The van der Waals surface area contributed by atoms with Crippen LogP contribution < -0.4 is 0 Å². The number of nitrogens with zero attached hydrogens (tertiary/aromatic N) is 2. The fraction of sp³-hybridized carbons (Fsp3) is 0.267. The summed E-state index contributed by atoms with van der Waals surface area (Å²) in [4.78, 5) is 20.6. The molecule has 19 heavy (non-hydrogen) atoms. The van der Waals surface area contributed by atoms with Gasteiger partial charge in [-0.25, -0.2) is 14.8 Å². The molecule has 2 aromatic rings. The minimum absolute atomic E-state index is 0.345. The second kappa shape index (κ2) is 5.61. The van der Waals surface area contributed by atoms with Crippen molar-refractivity contribution in [1.29, 1.82) is 0 Å². The fourth-order valence-electron chi connectivity index (χ4n) is 1.93. The lowest BCUT2D eigenvalue weighted by Gasteiger charge is -2.09. The number of carbonyl (C=O) groups excluding carboxylic acids is 1. The van der Waals surface area contributed by atoms with Gasteiger partial charge >= 0.3 is 5.97 Å². The number of carbonyl (C=O) groups is 1. The van der Waals surface area contributed by atoms with Crippen LogP contribution in [0.1, 0.15) is 28.7 Å². The Labute approximate surface area is 112 Å². The topological polar surface area (TPSA) is 52.1 Å². The lowest BCUT2D eigenvalue weighted by atomic mass is 10.1. The Kier molecular flexibility index (Phi) is 3.90. The first-order valence-electron chi connectivity index (χ1n) is 6.21. The predicted octanol–water partition coefficient (Wildman–Crippen LogP) is 2.94. The van der Waals surface area contributed by atoms with Gasteiger partial charge in [0.05, 0.1) is 18.0 Å². The van der Waals surface area contributed by atoms with Crippen LogP contribution in [-0.2, 0) is 4.74 Å². The van der Waals surface area contributed by atoms with Crippen molar-refractivity contribution in [2.75, 3.05) is 6.61 Å². The minimum atomic E-state index is -0.364. The number of hydrogen-bond donors (Lipinski definition) is 0. The van der Waals surface area contributed by atoms with Crippen LogP contribution in [0.4, 0.5) is 0 Å². The predicted molar refractivity (Wildman–Crippen MR) is 72.9 cm³/mol. The first-order valence-corrected chi connectivity index (χ1v) is 6.21. The van der Waals surface area contributed by atoms with Crippen LogP contribution in [-0.4, -0.2) is 22.5 Å².